The smallest absolute Gasteiger partial charge is 0.230 e. The normalized spacial score (nSPS) is 37.2. The molecule has 5 nitrogen and oxygen atoms in total. The first kappa shape index (κ1) is 10.5. The number of ether oxygens (including phenoxy) is 1. The summed E-state index contributed by atoms with van der Waals surface area (Å²) in [6, 6.07) is 0. The maximum Gasteiger partial charge on any atom is 0.230 e. The first-order chi connectivity index (χ1) is 7.60. The number of likely N-dealkylation sites (tertiary alicyclic amines) is 2. The highest BCUT2D eigenvalue weighted by Crippen LogP contribution is 2.39. The molecule has 2 unspecified atom stereocenters. The molecule has 0 aromatic rings. The Morgan fingerprint density at radius 1 is 1.31 bits per heavy atom. The maximum absolute atomic E-state index is 12.0. The number of aliphatic hydroxyl groups excluding tert-OH is 1. The van der Waals surface area contributed by atoms with Gasteiger partial charge in [0.15, 0.2) is 0 Å². The second kappa shape index (κ2) is 3.42. The first-order valence-electron chi connectivity index (χ1n) is 5.83. The zero-order valence-electron chi connectivity index (χ0n) is 9.56. The average molecular weight is 226 g/mol. The highest BCUT2D eigenvalue weighted by Gasteiger charge is 2.53. The highest BCUT2D eigenvalue weighted by atomic mass is 16.5. The molecule has 1 spiro atoms. The van der Waals surface area contributed by atoms with E-state index in [4.69, 9.17) is 4.74 Å². The Morgan fingerprint density at radius 3 is 2.50 bits per heavy atom. The zero-order valence-corrected chi connectivity index (χ0v) is 9.56. The number of amides is 1. The zero-order chi connectivity index (χ0) is 11.3. The summed E-state index contributed by atoms with van der Waals surface area (Å²) in [4.78, 5) is 16.2. The molecule has 0 aromatic carbocycles. The minimum Gasteiger partial charge on any atom is -0.390 e. The van der Waals surface area contributed by atoms with Crippen LogP contribution in [0, 0.1) is 11.3 Å². The van der Waals surface area contributed by atoms with Crippen LogP contribution in [-0.4, -0.2) is 73.4 Å². The summed E-state index contributed by atoms with van der Waals surface area (Å²) in [7, 11) is 2.10. The molecule has 0 aliphatic carbocycles. The van der Waals surface area contributed by atoms with Crippen LogP contribution in [0.5, 0.6) is 0 Å². The average Bonchev–Trinajstić information content (AvgIpc) is 2.54. The quantitative estimate of drug-likeness (QED) is 0.608. The fourth-order valence-electron chi connectivity index (χ4n) is 3.23. The lowest BCUT2D eigenvalue weighted by atomic mass is 9.72. The van der Waals surface area contributed by atoms with Crippen molar-refractivity contribution in [3.05, 3.63) is 0 Å². The third-order valence-corrected chi connectivity index (χ3v) is 3.94. The molecule has 0 radical (unpaired) electrons. The van der Waals surface area contributed by atoms with Crippen molar-refractivity contribution >= 4 is 5.91 Å². The van der Waals surface area contributed by atoms with Gasteiger partial charge in [0.05, 0.1) is 25.2 Å². The van der Waals surface area contributed by atoms with E-state index in [0.29, 0.717) is 18.6 Å². The van der Waals surface area contributed by atoms with Crippen LogP contribution in [0.15, 0.2) is 0 Å². The van der Waals surface area contributed by atoms with Crippen molar-refractivity contribution in [2.75, 3.05) is 46.4 Å². The lowest BCUT2D eigenvalue weighted by molar-refractivity contribution is -0.162. The SMILES string of the molecule is CN1CC2(C1)CN(C(=O)C1COCC1O)C2. The van der Waals surface area contributed by atoms with Gasteiger partial charge < -0.3 is 19.6 Å². The Morgan fingerprint density at radius 2 is 2.00 bits per heavy atom. The number of rotatable bonds is 1. The Labute approximate surface area is 95.0 Å². The predicted octanol–water partition coefficient (Wildman–Crippen LogP) is -1.23. The van der Waals surface area contributed by atoms with Crippen molar-refractivity contribution in [1.29, 1.82) is 0 Å². The molecule has 3 saturated heterocycles. The number of hydrogen-bond acceptors (Lipinski definition) is 4. The van der Waals surface area contributed by atoms with E-state index >= 15 is 0 Å². The fourth-order valence-corrected chi connectivity index (χ4v) is 3.23. The molecule has 3 aliphatic heterocycles. The van der Waals surface area contributed by atoms with Gasteiger partial charge in [-0.05, 0) is 7.05 Å². The van der Waals surface area contributed by atoms with Crippen molar-refractivity contribution in [2.45, 2.75) is 6.10 Å². The topological polar surface area (TPSA) is 53.0 Å². The molecular weight excluding hydrogens is 208 g/mol. The van der Waals surface area contributed by atoms with Crippen molar-refractivity contribution in [2.24, 2.45) is 11.3 Å². The van der Waals surface area contributed by atoms with Gasteiger partial charge in [-0.2, -0.15) is 0 Å². The highest BCUT2D eigenvalue weighted by molar-refractivity contribution is 5.81. The molecule has 0 aromatic heterocycles. The standard InChI is InChI=1S/C11H18N2O3/c1-12-4-11(5-12)6-13(7-11)10(15)8-2-16-3-9(8)14/h8-9,14H,2-7H2,1H3. The first-order valence-corrected chi connectivity index (χ1v) is 5.83. The van der Waals surface area contributed by atoms with Crippen molar-refractivity contribution in [3.8, 4) is 0 Å². The number of carbonyl (C=O) groups excluding carboxylic acids is 1. The van der Waals surface area contributed by atoms with Crippen LogP contribution < -0.4 is 0 Å². The lowest BCUT2D eigenvalue weighted by Crippen LogP contribution is -2.72. The Balaban J connectivity index is 1.54. The van der Waals surface area contributed by atoms with Crippen LogP contribution in [0.1, 0.15) is 0 Å². The predicted molar refractivity (Wildman–Crippen MR) is 56.8 cm³/mol. The number of aliphatic hydroxyl groups is 1. The maximum atomic E-state index is 12.0. The van der Waals surface area contributed by atoms with Gasteiger partial charge in [0, 0.05) is 31.6 Å². The largest absolute Gasteiger partial charge is 0.390 e. The van der Waals surface area contributed by atoms with E-state index in [1.54, 1.807) is 0 Å². The Hall–Kier alpha value is -0.650. The van der Waals surface area contributed by atoms with Gasteiger partial charge >= 0.3 is 0 Å². The van der Waals surface area contributed by atoms with Crippen molar-refractivity contribution < 1.29 is 14.6 Å². The van der Waals surface area contributed by atoms with Crippen molar-refractivity contribution in [3.63, 3.8) is 0 Å². The molecule has 3 rings (SSSR count). The van der Waals surface area contributed by atoms with Crippen LogP contribution in [0.3, 0.4) is 0 Å². The summed E-state index contributed by atoms with van der Waals surface area (Å²) in [5.41, 5.74) is 0.370. The third-order valence-electron chi connectivity index (χ3n) is 3.94. The van der Waals surface area contributed by atoms with Crippen molar-refractivity contribution in [1.82, 2.24) is 9.80 Å². The van der Waals surface area contributed by atoms with Gasteiger partial charge in [0.1, 0.15) is 0 Å². The van der Waals surface area contributed by atoms with Gasteiger partial charge in [-0.15, -0.1) is 0 Å². The number of carbonyl (C=O) groups is 1. The van der Waals surface area contributed by atoms with Gasteiger partial charge in [-0.1, -0.05) is 0 Å². The molecule has 3 fully saturated rings. The van der Waals surface area contributed by atoms with E-state index in [-0.39, 0.29) is 11.8 Å². The van der Waals surface area contributed by atoms with Crippen LogP contribution >= 0.6 is 0 Å². The van der Waals surface area contributed by atoms with E-state index in [2.05, 4.69) is 11.9 Å². The fraction of sp³-hybridized carbons (Fsp3) is 0.909. The van der Waals surface area contributed by atoms with E-state index in [9.17, 15) is 9.90 Å². The lowest BCUT2D eigenvalue weighted by Gasteiger charge is -2.59. The second-order valence-electron chi connectivity index (χ2n) is 5.58. The molecule has 0 saturated carbocycles. The van der Waals surface area contributed by atoms with E-state index in [1.807, 2.05) is 4.90 Å². The van der Waals surface area contributed by atoms with Crippen LogP contribution in [0.25, 0.3) is 0 Å². The molecule has 3 aliphatic rings. The summed E-state index contributed by atoms with van der Waals surface area (Å²) in [6.45, 7) is 4.60. The minimum absolute atomic E-state index is 0.0742. The molecule has 16 heavy (non-hydrogen) atoms. The third kappa shape index (κ3) is 1.46. The molecule has 3 heterocycles. The van der Waals surface area contributed by atoms with E-state index in [1.165, 1.54) is 0 Å². The molecule has 2 atom stereocenters. The van der Waals surface area contributed by atoms with Crippen LogP contribution in [-0.2, 0) is 9.53 Å². The summed E-state index contributed by atoms with van der Waals surface area (Å²) in [5.74, 6) is -0.250. The second-order valence-corrected chi connectivity index (χ2v) is 5.58. The summed E-state index contributed by atoms with van der Waals surface area (Å²) >= 11 is 0. The molecular formula is C11H18N2O3. The molecule has 5 heteroatoms. The van der Waals surface area contributed by atoms with Gasteiger partial charge in [-0.3, -0.25) is 4.79 Å². The monoisotopic (exact) mass is 226 g/mol. The summed E-state index contributed by atoms with van der Waals surface area (Å²) in [5, 5.41) is 9.59. The summed E-state index contributed by atoms with van der Waals surface area (Å²) < 4.78 is 5.11. The van der Waals surface area contributed by atoms with E-state index < -0.39 is 6.10 Å². The number of nitrogens with zero attached hydrogens (tertiary/aromatic N) is 2. The Bertz CT molecular complexity index is 306. The van der Waals surface area contributed by atoms with Crippen LogP contribution in [0.4, 0.5) is 0 Å². The van der Waals surface area contributed by atoms with Gasteiger partial charge in [0.2, 0.25) is 5.91 Å². The van der Waals surface area contributed by atoms with E-state index in [0.717, 1.165) is 26.2 Å². The Kier molecular flexibility index (Phi) is 2.24. The molecule has 90 valence electrons. The molecule has 1 N–H and O–H groups in total. The minimum atomic E-state index is -0.604. The van der Waals surface area contributed by atoms with Gasteiger partial charge in [-0.25, -0.2) is 0 Å². The summed E-state index contributed by atoms with van der Waals surface area (Å²) in [6.07, 6.45) is -0.604. The molecule has 0 bridgehead atoms. The molecule has 1 amide bonds. The number of hydrogen-bond donors (Lipinski definition) is 1. The van der Waals surface area contributed by atoms with Crippen LogP contribution in [0.2, 0.25) is 0 Å². The van der Waals surface area contributed by atoms with Gasteiger partial charge in [0.25, 0.3) is 0 Å².